The largest absolute Gasteiger partial charge is 0.395 e. The van der Waals surface area contributed by atoms with Gasteiger partial charge < -0.3 is 15.5 Å². The van der Waals surface area contributed by atoms with Crippen LogP contribution in [0.2, 0.25) is 0 Å². The number of nitrogens with one attached hydrogen (secondary N) is 1. The van der Waals surface area contributed by atoms with Gasteiger partial charge in [0.25, 0.3) is 0 Å². The summed E-state index contributed by atoms with van der Waals surface area (Å²) in [6.45, 7) is 7.38. The normalized spacial score (nSPS) is 14.8. The van der Waals surface area contributed by atoms with Crippen molar-refractivity contribution in [1.82, 2.24) is 5.32 Å². The van der Waals surface area contributed by atoms with Crippen molar-refractivity contribution in [3.63, 3.8) is 0 Å². The molecule has 0 radical (unpaired) electrons. The zero-order valence-electron chi connectivity index (χ0n) is 8.30. The Kier molecular flexibility index (Phi) is 5.46. The summed E-state index contributed by atoms with van der Waals surface area (Å²) >= 11 is 0. The van der Waals surface area contributed by atoms with Gasteiger partial charge in [-0.05, 0) is 11.8 Å². The van der Waals surface area contributed by atoms with Crippen LogP contribution < -0.4 is 5.32 Å². The van der Waals surface area contributed by atoms with E-state index in [0.717, 1.165) is 6.42 Å². The Morgan fingerprint density at radius 3 is 2.42 bits per heavy atom. The van der Waals surface area contributed by atoms with E-state index in [2.05, 4.69) is 12.2 Å². The lowest BCUT2D eigenvalue weighted by Gasteiger charge is -2.29. The fraction of sp³-hybridized carbons (Fsp3) is 1.00. The molecule has 74 valence electrons. The van der Waals surface area contributed by atoms with E-state index in [4.69, 9.17) is 5.11 Å². The van der Waals surface area contributed by atoms with Gasteiger partial charge in [0.1, 0.15) is 0 Å². The summed E-state index contributed by atoms with van der Waals surface area (Å²) < 4.78 is 0. The van der Waals surface area contributed by atoms with Crippen LogP contribution in [-0.2, 0) is 0 Å². The first-order valence-corrected chi connectivity index (χ1v) is 4.54. The minimum atomic E-state index is -0.339. The van der Waals surface area contributed by atoms with E-state index >= 15 is 0 Å². The number of hydrogen-bond donors (Lipinski definition) is 3. The molecule has 0 rings (SSSR count). The van der Waals surface area contributed by atoms with Gasteiger partial charge in [0.05, 0.1) is 12.7 Å². The van der Waals surface area contributed by atoms with E-state index < -0.39 is 0 Å². The predicted octanol–water partition coefficient (Wildman–Crippen LogP) is 0.365. The minimum Gasteiger partial charge on any atom is -0.395 e. The van der Waals surface area contributed by atoms with Gasteiger partial charge in [0.2, 0.25) is 0 Å². The quantitative estimate of drug-likeness (QED) is 0.511. The standard InChI is InChI=1S/C9H21NO2/c1-4-9(2,3)8(12)7-10-5-6-11/h8,10-12H,4-7H2,1-3H3. The second-order valence-electron chi connectivity index (χ2n) is 3.79. The molecule has 0 aliphatic rings. The Morgan fingerprint density at radius 1 is 1.42 bits per heavy atom. The molecule has 3 heteroatoms. The molecule has 0 aromatic heterocycles. The number of aliphatic hydroxyl groups excluding tert-OH is 2. The maximum Gasteiger partial charge on any atom is 0.0715 e. The zero-order valence-corrected chi connectivity index (χ0v) is 8.30. The van der Waals surface area contributed by atoms with Crippen LogP contribution in [0.4, 0.5) is 0 Å². The highest BCUT2D eigenvalue weighted by Gasteiger charge is 2.24. The number of aliphatic hydroxyl groups is 2. The molecule has 0 aliphatic carbocycles. The van der Waals surface area contributed by atoms with Gasteiger partial charge in [-0.3, -0.25) is 0 Å². The van der Waals surface area contributed by atoms with Crippen LogP contribution in [0.3, 0.4) is 0 Å². The van der Waals surface area contributed by atoms with E-state index in [9.17, 15) is 5.11 Å². The average molecular weight is 175 g/mol. The molecule has 1 unspecified atom stereocenters. The van der Waals surface area contributed by atoms with Crippen molar-refractivity contribution in [3.05, 3.63) is 0 Å². The van der Waals surface area contributed by atoms with E-state index in [1.807, 2.05) is 13.8 Å². The molecule has 3 nitrogen and oxygen atoms in total. The van der Waals surface area contributed by atoms with Crippen LogP contribution in [0, 0.1) is 5.41 Å². The van der Waals surface area contributed by atoms with Crippen molar-refractivity contribution in [1.29, 1.82) is 0 Å². The lowest BCUT2D eigenvalue weighted by atomic mass is 9.84. The van der Waals surface area contributed by atoms with Gasteiger partial charge in [-0.25, -0.2) is 0 Å². The molecule has 0 spiro atoms. The summed E-state index contributed by atoms with van der Waals surface area (Å²) in [6, 6.07) is 0. The van der Waals surface area contributed by atoms with Gasteiger partial charge >= 0.3 is 0 Å². The number of rotatable bonds is 6. The fourth-order valence-corrected chi connectivity index (χ4v) is 0.830. The summed E-state index contributed by atoms with van der Waals surface area (Å²) in [6.07, 6.45) is 0.615. The monoisotopic (exact) mass is 175 g/mol. The van der Waals surface area contributed by atoms with Crippen molar-refractivity contribution in [2.75, 3.05) is 19.7 Å². The number of hydrogen-bond acceptors (Lipinski definition) is 3. The van der Waals surface area contributed by atoms with Crippen LogP contribution >= 0.6 is 0 Å². The molecule has 0 bridgehead atoms. The first kappa shape index (κ1) is 11.9. The van der Waals surface area contributed by atoms with Crippen molar-refractivity contribution in [2.45, 2.75) is 33.3 Å². The van der Waals surface area contributed by atoms with Crippen LogP contribution in [0.25, 0.3) is 0 Å². The molecule has 0 fully saturated rings. The minimum absolute atomic E-state index is 0.0392. The second-order valence-corrected chi connectivity index (χ2v) is 3.79. The Balaban J connectivity index is 3.63. The van der Waals surface area contributed by atoms with Crippen LogP contribution in [0.15, 0.2) is 0 Å². The lowest BCUT2D eigenvalue weighted by molar-refractivity contribution is 0.0469. The molecule has 0 aromatic carbocycles. The average Bonchev–Trinajstić information content (AvgIpc) is 2.05. The zero-order chi connectivity index (χ0) is 9.61. The SMILES string of the molecule is CCC(C)(C)C(O)CNCCO. The summed E-state index contributed by atoms with van der Waals surface area (Å²) in [4.78, 5) is 0. The Labute approximate surface area is 74.8 Å². The first-order chi connectivity index (χ1) is 5.54. The van der Waals surface area contributed by atoms with Crippen molar-refractivity contribution in [3.8, 4) is 0 Å². The van der Waals surface area contributed by atoms with Gasteiger partial charge in [-0.15, -0.1) is 0 Å². The summed E-state index contributed by atoms with van der Waals surface area (Å²) in [5, 5.41) is 21.1. The molecule has 12 heavy (non-hydrogen) atoms. The van der Waals surface area contributed by atoms with Gasteiger partial charge in [0, 0.05) is 13.1 Å². The Morgan fingerprint density at radius 2 is 2.00 bits per heavy atom. The molecule has 0 amide bonds. The molecule has 0 aliphatic heterocycles. The predicted molar refractivity (Wildman–Crippen MR) is 50.0 cm³/mol. The summed E-state index contributed by atoms with van der Waals surface area (Å²) in [5.74, 6) is 0. The van der Waals surface area contributed by atoms with Crippen molar-refractivity contribution >= 4 is 0 Å². The van der Waals surface area contributed by atoms with Gasteiger partial charge in [0.15, 0.2) is 0 Å². The first-order valence-electron chi connectivity index (χ1n) is 4.54. The highest BCUT2D eigenvalue weighted by Crippen LogP contribution is 2.23. The smallest absolute Gasteiger partial charge is 0.0715 e. The van der Waals surface area contributed by atoms with E-state index in [0.29, 0.717) is 13.1 Å². The third-order valence-electron chi connectivity index (χ3n) is 2.44. The van der Waals surface area contributed by atoms with E-state index in [-0.39, 0.29) is 18.1 Å². The maximum atomic E-state index is 9.66. The van der Waals surface area contributed by atoms with E-state index in [1.165, 1.54) is 0 Å². The molecular weight excluding hydrogens is 154 g/mol. The van der Waals surface area contributed by atoms with Gasteiger partial charge in [-0.1, -0.05) is 20.8 Å². The molecule has 0 saturated heterocycles. The van der Waals surface area contributed by atoms with E-state index in [1.54, 1.807) is 0 Å². The molecule has 0 heterocycles. The Hall–Kier alpha value is -0.120. The van der Waals surface area contributed by atoms with Crippen molar-refractivity contribution in [2.24, 2.45) is 5.41 Å². The summed E-state index contributed by atoms with van der Waals surface area (Å²) in [5.41, 5.74) is -0.0392. The molecule has 1 atom stereocenters. The van der Waals surface area contributed by atoms with Crippen LogP contribution in [0.5, 0.6) is 0 Å². The summed E-state index contributed by atoms with van der Waals surface area (Å²) in [7, 11) is 0. The molecule has 0 aromatic rings. The second kappa shape index (κ2) is 5.51. The maximum absolute atomic E-state index is 9.66. The topological polar surface area (TPSA) is 52.5 Å². The van der Waals surface area contributed by atoms with Crippen LogP contribution in [-0.4, -0.2) is 36.0 Å². The Bertz CT molecular complexity index is 115. The molecular formula is C9H21NO2. The molecule has 3 N–H and O–H groups in total. The third-order valence-corrected chi connectivity index (χ3v) is 2.44. The van der Waals surface area contributed by atoms with Crippen molar-refractivity contribution < 1.29 is 10.2 Å². The van der Waals surface area contributed by atoms with Gasteiger partial charge in [-0.2, -0.15) is 0 Å². The lowest BCUT2D eigenvalue weighted by Crippen LogP contribution is -2.38. The highest BCUT2D eigenvalue weighted by molar-refractivity contribution is 4.77. The third kappa shape index (κ3) is 4.04. The fourth-order valence-electron chi connectivity index (χ4n) is 0.830. The highest BCUT2D eigenvalue weighted by atomic mass is 16.3. The molecule has 0 saturated carbocycles. The van der Waals surface area contributed by atoms with Crippen LogP contribution in [0.1, 0.15) is 27.2 Å².